The van der Waals surface area contributed by atoms with Gasteiger partial charge in [-0.15, -0.1) is 17.0 Å². The van der Waals surface area contributed by atoms with Gasteiger partial charge in [-0.05, 0) is 19.4 Å². The van der Waals surface area contributed by atoms with Crippen LogP contribution in [0.15, 0.2) is 0 Å². The summed E-state index contributed by atoms with van der Waals surface area (Å²) in [6.45, 7) is 0.858. The molecule has 1 rings (SSSR count). The molecule has 0 spiro atoms. The van der Waals surface area contributed by atoms with Crippen LogP contribution in [0.25, 0.3) is 0 Å². The highest BCUT2D eigenvalue weighted by Gasteiger charge is 2.20. The van der Waals surface area contributed by atoms with E-state index in [1.807, 2.05) is 0 Å². The molecule has 0 saturated carbocycles. The molecule has 0 aromatic rings. The Bertz CT molecular complexity index is 101. The smallest absolute Gasteiger partial charge is 0.320 e. The number of halogens is 1. The van der Waals surface area contributed by atoms with E-state index in [0.717, 1.165) is 19.4 Å². The van der Waals surface area contributed by atoms with Crippen molar-refractivity contribution in [1.82, 2.24) is 5.32 Å². The quantitative estimate of drug-likeness (QED) is 0.638. The lowest BCUT2D eigenvalue weighted by Crippen LogP contribution is -2.29. The molecule has 1 atom stereocenters. The molecule has 0 aromatic carbocycles. The molecule has 2 N–H and O–H groups in total. The van der Waals surface area contributed by atoms with Gasteiger partial charge in [0.05, 0.1) is 0 Å². The summed E-state index contributed by atoms with van der Waals surface area (Å²) >= 11 is 0. The van der Waals surface area contributed by atoms with E-state index in [-0.39, 0.29) is 23.0 Å². The summed E-state index contributed by atoms with van der Waals surface area (Å²) in [4.78, 5) is 10.1. The Kier molecular flexibility index (Phi) is 3.81. The van der Waals surface area contributed by atoms with Gasteiger partial charge in [0.25, 0.3) is 0 Å². The van der Waals surface area contributed by atoms with Gasteiger partial charge in [0.1, 0.15) is 6.04 Å². The van der Waals surface area contributed by atoms with Crippen molar-refractivity contribution in [2.75, 3.05) is 6.54 Å². The average Bonchev–Trinajstić information content (AvgIpc) is 2.12. The van der Waals surface area contributed by atoms with Crippen LogP contribution >= 0.6 is 17.0 Å². The molecule has 1 unspecified atom stereocenters. The number of hydrogen-bond donors (Lipinski definition) is 2. The first-order valence-electron chi connectivity index (χ1n) is 2.77. The molecule has 3 nitrogen and oxygen atoms in total. The number of aliphatic carboxylic acids is 1. The highest BCUT2D eigenvalue weighted by atomic mass is 79.9. The number of carboxylic acid groups (broad SMARTS) is 1. The second-order valence-electron chi connectivity index (χ2n) is 1.99. The van der Waals surface area contributed by atoms with Gasteiger partial charge in [-0.25, -0.2) is 0 Å². The Morgan fingerprint density at radius 1 is 1.67 bits per heavy atom. The Balaban J connectivity index is 0.000000640. The van der Waals surface area contributed by atoms with Crippen LogP contribution in [0.1, 0.15) is 12.8 Å². The molecule has 1 aliphatic rings. The minimum absolute atomic E-state index is 0. The Hall–Kier alpha value is -0.0900. The highest BCUT2D eigenvalue weighted by molar-refractivity contribution is 8.93. The Labute approximate surface area is 64.2 Å². The van der Waals surface area contributed by atoms with Crippen molar-refractivity contribution >= 4 is 23.0 Å². The summed E-state index contributed by atoms with van der Waals surface area (Å²) in [5.41, 5.74) is 0. The van der Waals surface area contributed by atoms with Gasteiger partial charge in [0, 0.05) is 0 Å². The standard InChI is InChI=1S/C5H9NO2.BrH/c7-5(8)4-2-1-3-6-4;/h4,6H,1-3H2,(H,7,8);1H. The van der Waals surface area contributed by atoms with Crippen molar-refractivity contribution in [3.63, 3.8) is 0 Å². The molecule has 4 heteroatoms. The van der Waals surface area contributed by atoms with E-state index >= 15 is 0 Å². The van der Waals surface area contributed by atoms with Crippen molar-refractivity contribution < 1.29 is 9.90 Å². The number of rotatable bonds is 1. The first-order chi connectivity index (χ1) is 3.80. The van der Waals surface area contributed by atoms with E-state index in [4.69, 9.17) is 5.11 Å². The summed E-state index contributed by atoms with van der Waals surface area (Å²) in [7, 11) is 0. The fourth-order valence-electron chi connectivity index (χ4n) is 0.895. The molecule has 1 fully saturated rings. The third-order valence-electron chi connectivity index (χ3n) is 1.36. The summed E-state index contributed by atoms with van der Waals surface area (Å²) in [5.74, 6) is -0.720. The molecule has 1 heterocycles. The van der Waals surface area contributed by atoms with Gasteiger partial charge in [0.2, 0.25) is 0 Å². The molecule has 1 aliphatic heterocycles. The number of carbonyl (C=O) groups is 1. The van der Waals surface area contributed by atoms with Crippen molar-refractivity contribution in [2.24, 2.45) is 0 Å². The number of nitrogens with one attached hydrogen (secondary N) is 1. The monoisotopic (exact) mass is 195 g/mol. The van der Waals surface area contributed by atoms with E-state index in [9.17, 15) is 4.79 Å². The third-order valence-corrected chi connectivity index (χ3v) is 1.36. The molecule has 9 heavy (non-hydrogen) atoms. The molecular formula is C5H10BrNO2. The molecule has 0 aliphatic carbocycles. The van der Waals surface area contributed by atoms with Gasteiger partial charge < -0.3 is 10.4 Å². The van der Waals surface area contributed by atoms with Crippen molar-refractivity contribution in [3.8, 4) is 0 Å². The molecule has 54 valence electrons. The fraction of sp³-hybridized carbons (Fsp3) is 0.800. The lowest BCUT2D eigenvalue weighted by Gasteiger charge is -1.99. The van der Waals surface area contributed by atoms with Gasteiger partial charge >= 0.3 is 5.97 Å². The van der Waals surface area contributed by atoms with E-state index in [2.05, 4.69) is 5.32 Å². The van der Waals surface area contributed by atoms with E-state index < -0.39 is 5.97 Å². The van der Waals surface area contributed by atoms with Crippen LogP contribution in [0.2, 0.25) is 0 Å². The maximum absolute atomic E-state index is 10.1. The van der Waals surface area contributed by atoms with Crippen LogP contribution in [-0.2, 0) is 4.79 Å². The van der Waals surface area contributed by atoms with Gasteiger partial charge in [-0.3, -0.25) is 4.79 Å². The van der Waals surface area contributed by atoms with Gasteiger partial charge in [-0.2, -0.15) is 0 Å². The van der Waals surface area contributed by atoms with Gasteiger partial charge in [-0.1, -0.05) is 0 Å². The molecule has 1 saturated heterocycles. The maximum Gasteiger partial charge on any atom is 0.320 e. The Morgan fingerprint density at radius 2 is 2.33 bits per heavy atom. The topological polar surface area (TPSA) is 49.3 Å². The van der Waals surface area contributed by atoms with E-state index in [0.29, 0.717) is 0 Å². The Morgan fingerprint density at radius 3 is 2.56 bits per heavy atom. The molecule has 0 aromatic heterocycles. The molecule has 0 radical (unpaired) electrons. The van der Waals surface area contributed by atoms with Crippen molar-refractivity contribution in [1.29, 1.82) is 0 Å². The van der Waals surface area contributed by atoms with E-state index in [1.165, 1.54) is 0 Å². The minimum atomic E-state index is -0.720. The zero-order valence-corrected chi connectivity index (χ0v) is 6.68. The highest BCUT2D eigenvalue weighted by Crippen LogP contribution is 2.03. The lowest BCUT2D eigenvalue weighted by molar-refractivity contribution is -0.139. The summed E-state index contributed by atoms with van der Waals surface area (Å²) in [6.07, 6.45) is 1.78. The van der Waals surface area contributed by atoms with Gasteiger partial charge in [0.15, 0.2) is 0 Å². The van der Waals surface area contributed by atoms with Crippen LogP contribution in [0.3, 0.4) is 0 Å². The number of carboxylic acids is 1. The van der Waals surface area contributed by atoms with Crippen LogP contribution in [-0.4, -0.2) is 23.7 Å². The third kappa shape index (κ3) is 2.32. The normalized spacial score (nSPS) is 25.1. The summed E-state index contributed by atoms with van der Waals surface area (Å²) in [6, 6.07) is -0.269. The van der Waals surface area contributed by atoms with E-state index in [1.54, 1.807) is 0 Å². The molecule has 0 bridgehead atoms. The second kappa shape index (κ2) is 3.85. The van der Waals surface area contributed by atoms with Crippen LogP contribution in [0.4, 0.5) is 0 Å². The fourth-order valence-corrected chi connectivity index (χ4v) is 0.895. The first kappa shape index (κ1) is 8.91. The van der Waals surface area contributed by atoms with Crippen molar-refractivity contribution in [3.05, 3.63) is 0 Å². The average molecular weight is 196 g/mol. The molecular weight excluding hydrogens is 186 g/mol. The summed E-state index contributed by atoms with van der Waals surface area (Å²) in [5, 5.41) is 11.2. The maximum atomic E-state index is 10.1. The first-order valence-corrected chi connectivity index (χ1v) is 2.77. The van der Waals surface area contributed by atoms with Crippen LogP contribution in [0, 0.1) is 0 Å². The van der Waals surface area contributed by atoms with Crippen LogP contribution < -0.4 is 5.32 Å². The minimum Gasteiger partial charge on any atom is -0.480 e. The zero-order valence-electron chi connectivity index (χ0n) is 4.96. The number of hydrogen-bond acceptors (Lipinski definition) is 2. The SMILES string of the molecule is Br.O=C(O)C1CCCN1. The van der Waals surface area contributed by atoms with Crippen molar-refractivity contribution in [2.45, 2.75) is 18.9 Å². The second-order valence-corrected chi connectivity index (χ2v) is 1.99. The largest absolute Gasteiger partial charge is 0.480 e. The van der Waals surface area contributed by atoms with Crippen LogP contribution in [0.5, 0.6) is 0 Å². The summed E-state index contributed by atoms with van der Waals surface area (Å²) < 4.78 is 0. The predicted molar refractivity (Wildman–Crippen MR) is 39.0 cm³/mol. The lowest BCUT2D eigenvalue weighted by atomic mass is 10.2. The molecule has 0 amide bonds. The predicted octanol–water partition coefficient (Wildman–Crippen LogP) is 0.401. The zero-order chi connectivity index (χ0) is 5.98.